The van der Waals surface area contributed by atoms with Gasteiger partial charge in [0, 0.05) is 47.0 Å². The van der Waals surface area contributed by atoms with Crippen molar-refractivity contribution in [1.82, 2.24) is 19.9 Å². The first kappa shape index (κ1) is 27.6. The Morgan fingerprint density at radius 3 is 1.46 bits per heavy atom. The maximum absolute atomic E-state index is 6.28. The average Bonchev–Trinajstić information content (AvgIpc) is 3.66. The van der Waals surface area contributed by atoms with E-state index in [9.17, 15) is 0 Å². The third-order valence-corrected chi connectivity index (χ3v) is 8.69. The highest BCUT2D eigenvalue weighted by molar-refractivity contribution is 8.08. The van der Waals surface area contributed by atoms with Crippen LogP contribution in [0.3, 0.4) is 0 Å². The van der Waals surface area contributed by atoms with Crippen molar-refractivity contribution in [3.05, 3.63) is 108 Å². The number of hydrogen-bond donors (Lipinski definition) is 2. The van der Waals surface area contributed by atoms with Crippen LogP contribution in [-0.4, -0.2) is 30.4 Å². The predicted octanol–water partition coefficient (Wildman–Crippen LogP) is 7.79. The summed E-state index contributed by atoms with van der Waals surface area (Å²) >= 11 is 3.33. The minimum Gasteiger partial charge on any atom is -0.351 e. The van der Waals surface area contributed by atoms with E-state index in [1.165, 1.54) is 11.1 Å². The van der Waals surface area contributed by atoms with E-state index in [0.717, 1.165) is 75.6 Å². The van der Waals surface area contributed by atoms with Gasteiger partial charge in [0.2, 0.25) is 0 Å². The van der Waals surface area contributed by atoms with Crippen LogP contribution in [0.5, 0.6) is 0 Å². The van der Waals surface area contributed by atoms with Crippen molar-refractivity contribution in [1.29, 1.82) is 0 Å². The number of aromatic amines is 2. The van der Waals surface area contributed by atoms with E-state index < -0.39 is 0 Å². The summed E-state index contributed by atoms with van der Waals surface area (Å²) in [4.78, 5) is 15.0. The number of nitrogens with zero attached hydrogens (tertiary/aromatic N) is 2. The normalized spacial score (nSPS) is 13.0. The maximum atomic E-state index is 6.28. The van der Waals surface area contributed by atoms with Gasteiger partial charge in [-0.25, -0.2) is 13.6 Å². The Morgan fingerprint density at radius 2 is 1.05 bits per heavy atom. The number of nitrogens with one attached hydrogen (secondary N) is 2. The molecule has 37 heavy (non-hydrogen) atoms. The largest absolute Gasteiger partial charge is 0.351 e. The Balaban J connectivity index is 1.25. The number of imidazole rings is 2. The van der Waals surface area contributed by atoms with Gasteiger partial charge in [-0.05, 0) is 75.3 Å². The number of H-pyrrole nitrogens is 2. The molecule has 5 nitrogen and oxygen atoms in total. The van der Waals surface area contributed by atoms with Crippen LogP contribution in [0.15, 0.2) is 85.7 Å². The van der Waals surface area contributed by atoms with Crippen LogP contribution in [0.4, 0.5) is 0 Å². The van der Waals surface area contributed by atoms with Crippen LogP contribution in [0.1, 0.15) is 61.0 Å². The lowest BCUT2D eigenvalue weighted by Gasteiger charge is -2.18. The third kappa shape index (κ3) is 10.8. The molecule has 0 aliphatic carbocycles. The second-order valence-corrected chi connectivity index (χ2v) is 11.7. The second-order valence-electron chi connectivity index (χ2n) is 9.46. The fourth-order valence-electron chi connectivity index (χ4n) is 4.44. The van der Waals surface area contributed by atoms with Gasteiger partial charge >= 0.3 is 0 Å². The molecule has 7 heteroatoms. The first-order chi connectivity index (χ1) is 18.3. The summed E-state index contributed by atoms with van der Waals surface area (Å²) in [5, 5.41) is 0.897. The molecule has 2 aromatic carbocycles. The van der Waals surface area contributed by atoms with E-state index in [2.05, 4.69) is 80.6 Å². The van der Waals surface area contributed by atoms with Crippen molar-refractivity contribution < 1.29 is 3.63 Å². The molecule has 0 aliphatic heterocycles. The van der Waals surface area contributed by atoms with Crippen molar-refractivity contribution in [2.45, 2.75) is 74.7 Å². The molecule has 0 bridgehead atoms. The number of benzene rings is 2. The molecule has 0 amide bonds. The summed E-state index contributed by atoms with van der Waals surface area (Å²) < 4.78 is 6.28. The van der Waals surface area contributed by atoms with Gasteiger partial charge in [-0.1, -0.05) is 60.7 Å². The molecule has 2 heterocycles. The Kier molecular flexibility index (Phi) is 12.2. The van der Waals surface area contributed by atoms with Crippen LogP contribution in [0, 0.1) is 0 Å². The van der Waals surface area contributed by atoms with Crippen LogP contribution < -0.4 is 0 Å². The molecule has 0 radical (unpaired) electrons. The second kappa shape index (κ2) is 16.4. The van der Waals surface area contributed by atoms with Gasteiger partial charge in [0.1, 0.15) is 0 Å². The van der Waals surface area contributed by atoms with Gasteiger partial charge in [-0.2, -0.15) is 0 Å². The Labute approximate surface area is 230 Å². The van der Waals surface area contributed by atoms with Gasteiger partial charge in [-0.15, -0.1) is 0 Å². The molecule has 2 N–H and O–H groups in total. The lowest BCUT2D eigenvalue weighted by Crippen LogP contribution is -2.09. The highest BCUT2D eigenvalue weighted by Gasteiger charge is 2.16. The van der Waals surface area contributed by atoms with E-state index in [1.807, 2.05) is 12.4 Å². The molecule has 2 atom stereocenters. The lowest BCUT2D eigenvalue weighted by molar-refractivity contribution is 0.606. The number of rotatable bonds is 18. The van der Waals surface area contributed by atoms with Crippen molar-refractivity contribution in [2.75, 3.05) is 0 Å². The molecule has 196 valence electrons. The first-order valence-electron chi connectivity index (χ1n) is 13.4. The quantitative estimate of drug-likeness (QED) is 0.128. The smallest absolute Gasteiger partial charge is 0.0923 e. The highest BCUT2D eigenvalue weighted by atomic mass is 32.2. The fourth-order valence-corrected chi connectivity index (χ4v) is 6.47. The summed E-state index contributed by atoms with van der Waals surface area (Å²) in [6, 6.07) is 21.5. The number of aromatic nitrogens is 4. The SMILES string of the molecule is c1ccc(CCCC(CCc2c[nH]cn2)SOSC(CCCc2ccccc2)CCc2c[nH]cn2)cc1. The fraction of sp³-hybridized carbons (Fsp3) is 0.400. The van der Waals surface area contributed by atoms with Crippen LogP contribution in [-0.2, 0) is 29.3 Å². The molecule has 0 saturated heterocycles. The van der Waals surface area contributed by atoms with E-state index in [1.54, 1.807) is 36.7 Å². The molecule has 2 unspecified atom stereocenters. The third-order valence-electron chi connectivity index (χ3n) is 6.57. The van der Waals surface area contributed by atoms with E-state index in [0.29, 0.717) is 10.5 Å². The zero-order valence-electron chi connectivity index (χ0n) is 21.4. The van der Waals surface area contributed by atoms with Gasteiger partial charge in [0.15, 0.2) is 0 Å². The van der Waals surface area contributed by atoms with E-state index in [4.69, 9.17) is 3.63 Å². The van der Waals surface area contributed by atoms with E-state index in [-0.39, 0.29) is 0 Å². The molecular weight excluding hydrogens is 496 g/mol. The molecule has 0 aliphatic rings. The lowest BCUT2D eigenvalue weighted by atomic mass is 10.0. The summed E-state index contributed by atoms with van der Waals surface area (Å²) in [6.07, 6.45) is 18.4. The molecule has 0 spiro atoms. The monoisotopic (exact) mass is 534 g/mol. The summed E-state index contributed by atoms with van der Waals surface area (Å²) in [7, 11) is 0. The summed E-state index contributed by atoms with van der Waals surface area (Å²) in [5.74, 6) is 0. The van der Waals surface area contributed by atoms with Gasteiger partial charge in [-0.3, -0.25) is 0 Å². The molecule has 0 fully saturated rings. The molecule has 4 rings (SSSR count). The Hall–Kier alpha value is -2.48. The van der Waals surface area contributed by atoms with Crippen LogP contribution in [0.25, 0.3) is 0 Å². The highest BCUT2D eigenvalue weighted by Crippen LogP contribution is 2.32. The zero-order chi connectivity index (χ0) is 25.4. The van der Waals surface area contributed by atoms with Gasteiger partial charge in [0.25, 0.3) is 0 Å². The minimum atomic E-state index is 0.448. The molecule has 4 aromatic rings. The van der Waals surface area contributed by atoms with Crippen molar-refractivity contribution in [3.8, 4) is 0 Å². The summed E-state index contributed by atoms with van der Waals surface area (Å²) in [6.45, 7) is 0. The van der Waals surface area contributed by atoms with Crippen LogP contribution >= 0.6 is 24.1 Å². The Bertz CT molecular complexity index is 988. The van der Waals surface area contributed by atoms with Gasteiger partial charge in [0.05, 0.1) is 24.0 Å². The van der Waals surface area contributed by atoms with Crippen LogP contribution in [0.2, 0.25) is 0 Å². The standard InChI is InChI=1S/C30H38N4OS2/c1-3-9-25(10-4-1)13-7-15-29(19-17-27-21-31-23-33-27)36-35-37-30(20-18-28-22-32-24-34-28)16-8-14-26-11-5-2-6-12-26/h1-6,9-12,21-24,29-30H,7-8,13-20H2,(H,31,33)(H,32,34). The number of aryl methyl sites for hydroxylation is 4. The van der Waals surface area contributed by atoms with Crippen molar-refractivity contribution >= 4 is 24.1 Å². The molecule has 2 aromatic heterocycles. The van der Waals surface area contributed by atoms with Crippen molar-refractivity contribution in [2.24, 2.45) is 0 Å². The number of hydrogen-bond acceptors (Lipinski definition) is 5. The zero-order valence-corrected chi connectivity index (χ0v) is 23.1. The Morgan fingerprint density at radius 1 is 0.595 bits per heavy atom. The average molecular weight is 535 g/mol. The predicted molar refractivity (Wildman–Crippen MR) is 156 cm³/mol. The molecule has 0 saturated carbocycles. The minimum absolute atomic E-state index is 0.448. The summed E-state index contributed by atoms with van der Waals surface area (Å²) in [5.41, 5.74) is 5.06. The topological polar surface area (TPSA) is 66.6 Å². The maximum Gasteiger partial charge on any atom is 0.0923 e. The van der Waals surface area contributed by atoms with Crippen molar-refractivity contribution in [3.63, 3.8) is 0 Å². The van der Waals surface area contributed by atoms with Gasteiger partial charge < -0.3 is 9.97 Å². The molecular formula is C30H38N4OS2. The van der Waals surface area contributed by atoms with E-state index >= 15 is 0 Å². The first-order valence-corrected chi connectivity index (χ1v) is 15.0.